The summed E-state index contributed by atoms with van der Waals surface area (Å²) >= 11 is 0. The van der Waals surface area contributed by atoms with Gasteiger partial charge >= 0.3 is 6.18 Å². The van der Waals surface area contributed by atoms with Gasteiger partial charge in [-0.1, -0.05) is 0 Å². The number of pyridine rings is 1. The number of hydrogen-bond donors (Lipinski definition) is 2. The van der Waals surface area contributed by atoms with Crippen molar-refractivity contribution in [2.24, 2.45) is 0 Å². The molecule has 108 valence electrons. The molecule has 0 saturated heterocycles. The van der Waals surface area contributed by atoms with Crippen LogP contribution in [0.5, 0.6) is 0 Å². The first-order valence-corrected chi connectivity index (χ1v) is 5.74. The van der Waals surface area contributed by atoms with E-state index >= 15 is 0 Å². The first-order chi connectivity index (χ1) is 8.83. The second-order valence-electron chi connectivity index (χ2n) is 3.83. The maximum Gasteiger partial charge on any atom is 0.389 e. The van der Waals surface area contributed by atoms with Gasteiger partial charge in [0.2, 0.25) is 0 Å². The van der Waals surface area contributed by atoms with Gasteiger partial charge in [0.05, 0.1) is 0 Å². The van der Waals surface area contributed by atoms with Crippen molar-refractivity contribution in [2.45, 2.75) is 25.9 Å². The Balaban J connectivity index is 2.60. The minimum Gasteiger partial charge on any atom is -0.368 e. The SMILES string of the molecule is CCNc1nc(NCCCC(F)(F)F)c(F)cc1F. The van der Waals surface area contributed by atoms with Gasteiger partial charge in [-0.2, -0.15) is 13.2 Å². The van der Waals surface area contributed by atoms with Crippen LogP contribution in [0.15, 0.2) is 6.07 Å². The predicted molar refractivity (Wildman–Crippen MR) is 62.1 cm³/mol. The van der Waals surface area contributed by atoms with E-state index in [4.69, 9.17) is 0 Å². The highest BCUT2D eigenvalue weighted by atomic mass is 19.4. The van der Waals surface area contributed by atoms with Gasteiger partial charge in [0, 0.05) is 25.6 Å². The normalized spacial score (nSPS) is 11.5. The number of hydrogen-bond acceptors (Lipinski definition) is 3. The molecule has 0 amide bonds. The zero-order valence-corrected chi connectivity index (χ0v) is 10.2. The summed E-state index contributed by atoms with van der Waals surface area (Å²) in [5, 5.41) is 5.00. The van der Waals surface area contributed by atoms with Gasteiger partial charge in [0.15, 0.2) is 23.3 Å². The standard InChI is InChI=1S/C11H14F5N3/c1-2-17-9-7(12)6-8(13)10(19-9)18-5-3-4-11(14,15)16/h6H,2-5H2,1H3,(H2,17,18,19). The summed E-state index contributed by atoms with van der Waals surface area (Å²) in [4.78, 5) is 3.64. The molecule has 0 spiro atoms. The number of aromatic nitrogens is 1. The average Bonchev–Trinajstić information content (AvgIpc) is 2.28. The van der Waals surface area contributed by atoms with Gasteiger partial charge in [-0.3, -0.25) is 0 Å². The molecule has 0 radical (unpaired) electrons. The van der Waals surface area contributed by atoms with Crippen LogP contribution in [0, 0.1) is 11.6 Å². The first kappa shape index (κ1) is 15.5. The molecule has 8 heteroatoms. The van der Waals surface area contributed by atoms with Gasteiger partial charge in [-0.15, -0.1) is 0 Å². The van der Waals surface area contributed by atoms with Crippen LogP contribution < -0.4 is 10.6 Å². The Morgan fingerprint density at radius 2 is 1.68 bits per heavy atom. The van der Waals surface area contributed by atoms with Crippen molar-refractivity contribution in [1.82, 2.24) is 4.98 Å². The molecule has 0 saturated carbocycles. The van der Waals surface area contributed by atoms with E-state index in [1.54, 1.807) is 6.92 Å². The molecule has 1 aromatic rings. The highest BCUT2D eigenvalue weighted by Crippen LogP contribution is 2.22. The van der Waals surface area contributed by atoms with Gasteiger partial charge in [0.25, 0.3) is 0 Å². The van der Waals surface area contributed by atoms with Crippen molar-refractivity contribution in [1.29, 1.82) is 0 Å². The fourth-order valence-corrected chi connectivity index (χ4v) is 1.38. The lowest BCUT2D eigenvalue weighted by Crippen LogP contribution is -2.13. The van der Waals surface area contributed by atoms with E-state index in [-0.39, 0.29) is 24.6 Å². The van der Waals surface area contributed by atoms with Crippen LogP contribution in [-0.4, -0.2) is 24.2 Å². The second kappa shape index (κ2) is 6.53. The Kier molecular flexibility index (Phi) is 5.31. The molecule has 0 aliphatic carbocycles. The predicted octanol–water partition coefficient (Wildman–Crippen LogP) is 3.55. The van der Waals surface area contributed by atoms with Gasteiger partial charge in [0.1, 0.15) is 0 Å². The molecule has 0 fully saturated rings. The van der Waals surface area contributed by atoms with Gasteiger partial charge in [-0.05, 0) is 13.3 Å². The third-order valence-electron chi connectivity index (χ3n) is 2.20. The Bertz CT molecular complexity index is 420. The Morgan fingerprint density at radius 3 is 2.21 bits per heavy atom. The van der Waals surface area contributed by atoms with Crippen LogP contribution in [-0.2, 0) is 0 Å². The minimum absolute atomic E-state index is 0.0966. The van der Waals surface area contributed by atoms with E-state index < -0.39 is 24.2 Å². The van der Waals surface area contributed by atoms with E-state index in [0.29, 0.717) is 12.6 Å². The molecule has 2 N–H and O–H groups in total. The second-order valence-corrected chi connectivity index (χ2v) is 3.83. The quantitative estimate of drug-likeness (QED) is 0.619. The van der Waals surface area contributed by atoms with Crippen molar-refractivity contribution in [3.63, 3.8) is 0 Å². The van der Waals surface area contributed by atoms with Crippen molar-refractivity contribution >= 4 is 11.6 Å². The van der Waals surface area contributed by atoms with E-state index in [9.17, 15) is 22.0 Å². The van der Waals surface area contributed by atoms with Gasteiger partial charge < -0.3 is 10.6 Å². The van der Waals surface area contributed by atoms with Crippen molar-refractivity contribution < 1.29 is 22.0 Å². The van der Waals surface area contributed by atoms with Crippen LogP contribution in [0.25, 0.3) is 0 Å². The van der Waals surface area contributed by atoms with Crippen molar-refractivity contribution in [3.8, 4) is 0 Å². The number of nitrogens with zero attached hydrogens (tertiary/aromatic N) is 1. The molecule has 0 aliphatic rings. The number of rotatable bonds is 6. The number of nitrogens with one attached hydrogen (secondary N) is 2. The van der Waals surface area contributed by atoms with Crippen LogP contribution in [0.4, 0.5) is 33.6 Å². The molecular weight excluding hydrogens is 269 g/mol. The van der Waals surface area contributed by atoms with Crippen LogP contribution >= 0.6 is 0 Å². The molecule has 1 aromatic heterocycles. The summed E-state index contributed by atoms with van der Waals surface area (Å²) < 4.78 is 62.2. The highest BCUT2D eigenvalue weighted by Gasteiger charge is 2.26. The zero-order valence-electron chi connectivity index (χ0n) is 10.2. The van der Waals surface area contributed by atoms with Crippen LogP contribution in [0.3, 0.4) is 0 Å². The lowest BCUT2D eigenvalue weighted by molar-refractivity contribution is -0.134. The lowest BCUT2D eigenvalue weighted by Gasteiger charge is -2.11. The maximum absolute atomic E-state index is 13.3. The summed E-state index contributed by atoms with van der Waals surface area (Å²) in [7, 11) is 0. The van der Waals surface area contributed by atoms with Crippen LogP contribution in [0.1, 0.15) is 19.8 Å². The molecule has 0 aliphatic heterocycles. The Hall–Kier alpha value is -1.60. The number of anilines is 2. The molecule has 0 bridgehead atoms. The van der Waals surface area contributed by atoms with Crippen molar-refractivity contribution in [3.05, 3.63) is 17.7 Å². The third kappa shape index (κ3) is 5.27. The molecule has 3 nitrogen and oxygen atoms in total. The molecule has 19 heavy (non-hydrogen) atoms. The number of halogens is 5. The molecule has 1 rings (SSSR count). The summed E-state index contributed by atoms with van der Waals surface area (Å²) in [5.74, 6) is -2.19. The Morgan fingerprint density at radius 1 is 1.11 bits per heavy atom. The minimum atomic E-state index is -4.24. The van der Waals surface area contributed by atoms with Gasteiger partial charge in [-0.25, -0.2) is 13.8 Å². The molecule has 0 aromatic carbocycles. The molecular formula is C11H14F5N3. The monoisotopic (exact) mass is 283 g/mol. The number of alkyl halides is 3. The zero-order chi connectivity index (χ0) is 14.5. The summed E-state index contributed by atoms with van der Waals surface area (Å²) in [6.45, 7) is 2.00. The fraction of sp³-hybridized carbons (Fsp3) is 0.545. The van der Waals surface area contributed by atoms with E-state index in [1.165, 1.54) is 0 Å². The third-order valence-corrected chi connectivity index (χ3v) is 2.20. The average molecular weight is 283 g/mol. The largest absolute Gasteiger partial charge is 0.389 e. The smallest absolute Gasteiger partial charge is 0.368 e. The van der Waals surface area contributed by atoms with Crippen molar-refractivity contribution in [2.75, 3.05) is 23.7 Å². The fourth-order valence-electron chi connectivity index (χ4n) is 1.38. The summed E-state index contributed by atoms with van der Waals surface area (Å²) in [5.41, 5.74) is 0. The van der Waals surface area contributed by atoms with Crippen LogP contribution in [0.2, 0.25) is 0 Å². The van der Waals surface area contributed by atoms with E-state index in [0.717, 1.165) is 0 Å². The summed E-state index contributed by atoms with van der Waals surface area (Å²) in [6.07, 6.45) is -5.42. The van der Waals surface area contributed by atoms with E-state index in [1.807, 2.05) is 0 Å². The lowest BCUT2D eigenvalue weighted by atomic mass is 10.3. The Labute approximate surface area is 107 Å². The molecule has 0 unspecified atom stereocenters. The van der Waals surface area contributed by atoms with E-state index in [2.05, 4.69) is 15.6 Å². The maximum atomic E-state index is 13.3. The first-order valence-electron chi connectivity index (χ1n) is 5.74. The topological polar surface area (TPSA) is 37.0 Å². The summed E-state index contributed by atoms with van der Waals surface area (Å²) in [6, 6.07) is 0.636. The highest BCUT2D eigenvalue weighted by molar-refractivity contribution is 5.47. The molecule has 1 heterocycles. The molecule has 0 atom stereocenters.